The number of rotatable bonds is 2. The van der Waals surface area contributed by atoms with Gasteiger partial charge in [0.1, 0.15) is 0 Å². The highest BCUT2D eigenvalue weighted by atomic mass is 79.9. The average molecular weight is 255 g/mol. The van der Waals surface area contributed by atoms with E-state index in [1.165, 1.54) is 6.34 Å². The van der Waals surface area contributed by atoms with E-state index >= 15 is 0 Å². The fourth-order valence-corrected chi connectivity index (χ4v) is 1.10. The molecule has 0 aliphatic rings. The molecule has 1 amide bonds. The Labute approximate surface area is 91.6 Å². The molecule has 0 heterocycles. The van der Waals surface area contributed by atoms with Gasteiger partial charge in [0.05, 0.1) is 6.34 Å². The van der Waals surface area contributed by atoms with Gasteiger partial charge in [0.25, 0.3) is 5.91 Å². The Kier molecular flexibility index (Phi) is 3.83. The molecule has 0 aromatic heterocycles. The minimum absolute atomic E-state index is 0.230. The summed E-state index contributed by atoms with van der Waals surface area (Å²) >= 11 is 3.30. The van der Waals surface area contributed by atoms with E-state index in [4.69, 9.17) is 0 Å². The minimum atomic E-state index is -0.230. The molecule has 0 aliphatic heterocycles. The van der Waals surface area contributed by atoms with E-state index in [9.17, 15) is 4.79 Å². The highest BCUT2D eigenvalue weighted by Crippen LogP contribution is 2.10. The standard InChI is InChI=1S/C10H11BrN2O/c1-13(2)7-12-10(14)8-3-5-9(11)6-4-8/h3-7H,1-2H3/b12-7-. The molecule has 0 radical (unpaired) electrons. The highest BCUT2D eigenvalue weighted by molar-refractivity contribution is 9.10. The van der Waals surface area contributed by atoms with Gasteiger partial charge < -0.3 is 4.90 Å². The topological polar surface area (TPSA) is 32.7 Å². The second kappa shape index (κ2) is 4.91. The van der Waals surface area contributed by atoms with E-state index in [1.807, 2.05) is 26.2 Å². The summed E-state index contributed by atoms with van der Waals surface area (Å²) < 4.78 is 0.950. The first-order valence-electron chi connectivity index (χ1n) is 4.10. The van der Waals surface area contributed by atoms with E-state index in [0.29, 0.717) is 5.56 Å². The van der Waals surface area contributed by atoms with Crippen molar-refractivity contribution in [3.63, 3.8) is 0 Å². The zero-order valence-electron chi connectivity index (χ0n) is 8.07. The van der Waals surface area contributed by atoms with Crippen LogP contribution in [0.5, 0.6) is 0 Å². The number of carbonyl (C=O) groups excluding carboxylic acids is 1. The summed E-state index contributed by atoms with van der Waals surface area (Å²) in [6.07, 6.45) is 1.49. The van der Waals surface area contributed by atoms with Gasteiger partial charge in [-0.3, -0.25) is 4.79 Å². The third kappa shape index (κ3) is 3.30. The normalized spacial score (nSPS) is 10.5. The van der Waals surface area contributed by atoms with Crippen molar-refractivity contribution < 1.29 is 4.79 Å². The molecule has 0 saturated carbocycles. The van der Waals surface area contributed by atoms with Crippen LogP contribution in [0, 0.1) is 0 Å². The molecule has 1 aromatic carbocycles. The molecular weight excluding hydrogens is 244 g/mol. The van der Waals surface area contributed by atoms with E-state index in [0.717, 1.165) is 4.47 Å². The molecule has 3 nitrogen and oxygen atoms in total. The number of aliphatic imine (C=N–C) groups is 1. The monoisotopic (exact) mass is 254 g/mol. The summed E-state index contributed by atoms with van der Waals surface area (Å²) in [5, 5.41) is 0. The summed E-state index contributed by atoms with van der Waals surface area (Å²) in [5.41, 5.74) is 0.589. The van der Waals surface area contributed by atoms with E-state index in [1.54, 1.807) is 17.0 Å². The van der Waals surface area contributed by atoms with Crippen molar-refractivity contribution in [2.75, 3.05) is 14.1 Å². The van der Waals surface area contributed by atoms with Crippen LogP contribution in [0.3, 0.4) is 0 Å². The first kappa shape index (κ1) is 10.9. The second-order valence-corrected chi connectivity index (χ2v) is 3.94. The molecule has 0 fully saturated rings. The summed E-state index contributed by atoms with van der Waals surface area (Å²) in [5.74, 6) is -0.230. The Bertz CT molecular complexity index is 344. The van der Waals surface area contributed by atoms with E-state index in [-0.39, 0.29) is 5.91 Å². The summed E-state index contributed by atoms with van der Waals surface area (Å²) in [6, 6.07) is 7.11. The van der Waals surface area contributed by atoms with Crippen LogP contribution >= 0.6 is 15.9 Å². The van der Waals surface area contributed by atoms with Gasteiger partial charge in [0.15, 0.2) is 0 Å². The molecule has 0 aliphatic carbocycles. The predicted octanol–water partition coefficient (Wildman–Crippen LogP) is 2.18. The Morgan fingerprint density at radius 2 is 1.93 bits per heavy atom. The van der Waals surface area contributed by atoms with Crippen LogP contribution in [0.1, 0.15) is 10.4 Å². The molecule has 14 heavy (non-hydrogen) atoms. The van der Waals surface area contributed by atoms with E-state index in [2.05, 4.69) is 20.9 Å². The molecule has 1 rings (SSSR count). The van der Waals surface area contributed by atoms with E-state index < -0.39 is 0 Å². The summed E-state index contributed by atoms with van der Waals surface area (Å²) in [6.45, 7) is 0. The van der Waals surface area contributed by atoms with Crippen molar-refractivity contribution in [3.05, 3.63) is 34.3 Å². The first-order chi connectivity index (χ1) is 6.59. The Morgan fingerprint density at radius 3 is 2.43 bits per heavy atom. The van der Waals surface area contributed by atoms with Crippen LogP contribution in [0.4, 0.5) is 0 Å². The molecule has 0 saturated heterocycles. The van der Waals surface area contributed by atoms with Crippen molar-refractivity contribution in [2.24, 2.45) is 4.99 Å². The molecular formula is C10H11BrN2O. The molecule has 0 atom stereocenters. The average Bonchev–Trinajstić information content (AvgIpc) is 2.15. The van der Waals surface area contributed by atoms with Gasteiger partial charge in [-0.15, -0.1) is 0 Å². The number of carbonyl (C=O) groups is 1. The van der Waals surface area contributed by atoms with Crippen LogP contribution in [0.15, 0.2) is 33.7 Å². The third-order valence-corrected chi connectivity index (χ3v) is 2.03. The Morgan fingerprint density at radius 1 is 1.36 bits per heavy atom. The maximum absolute atomic E-state index is 11.4. The van der Waals surface area contributed by atoms with Gasteiger partial charge in [-0.2, -0.15) is 4.99 Å². The summed E-state index contributed by atoms with van der Waals surface area (Å²) in [4.78, 5) is 16.9. The molecule has 0 bridgehead atoms. The van der Waals surface area contributed by atoms with Gasteiger partial charge in [-0.1, -0.05) is 15.9 Å². The van der Waals surface area contributed by atoms with Crippen LogP contribution in [0.2, 0.25) is 0 Å². The minimum Gasteiger partial charge on any atom is -0.369 e. The molecule has 0 N–H and O–H groups in total. The molecule has 4 heteroatoms. The van der Waals surface area contributed by atoms with Gasteiger partial charge in [0, 0.05) is 24.1 Å². The second-order valence-electron chi connectivity index (χ2n) is 3.02. The zero-order chi connectivity index (χ0) is 10.6. The van der Waals surface area contributed by atoms with Crippen LogP contribution < -0.4 is 0 Å². The van der Waals surface area contributed by atoms with Crippen molar-refractivity contribution in [1.29, 1.82) is 0 Å². The van der Waals surface area contributed by atoms with Gasteiger partial charge in [0.2, 0.25) is 0 Å². The predicted molar refractivity (Wildman–Crippen MR) is 60.7 cm³/mol. The van der Waals surface area contributed by atoms with Crippen molar-refractivity contribution in [3.8, 4) is 0 Å². The molecule has 74 valence electrons. The number of nitrogens with zero attached hydrogens (tertiary/aromatic N) is 2. The quantitative estimate of drug-likeness (QED) is 0.599. The van der Waals surface area contributed by atoms with Crippen LogP contribution in [0.25, 0.3) is 0 Å². The van der Waals surface area contributed by atoms with Gasteiger partial charge >= 0.3 is 0 Å². The Balaban J connectivity index is 2.75. The van der Waals surface area contributed by atoms with Crippen molar-refractivity contribution >= 4 is 28.2 Å². The number of benzene rings is 1. The van der Waals surface area contributed by atoms with Crippen molar-refractivity contribution in [1.82, 2.24) is 4.90 Å². The largest absolute Gasteiger partial charge is 0.369 e. The highest BCUT2D eigenvalue weighted by Gasteiger charge is 2.01. The number of amides is 1. The lowest BCUT2D eigenvalue weighted by Gasteiger charge is -2.01. The fraction of sp³-hybridized carbons (Fsp3) is 0.200. The van der Waals surface area contributed by atoms with Gasteiger partial charge in [-0.25, -0.2) is 0 Å². The number of halogens is 1. The molecule has 0 unspecified atom stereocenters. The lowest BCUT2D eigenvalue weighted by molar-refractivity contribution is 0.100. The van der Waals surface area contributed by atoms with Crippen molar-refractivity contribution in [2.45, 2.75) is 0 Å². The third-order valence-electron chi connectivity index (χ3n) is 1.50. The lowest BCUT2D eigenvalue weighted by atomic mass is 10.2. The SMILES string of the molecule is CN(C)/C=N\C(=O)c1ccc(Br)cc1. The number of hydrogen-bond acceptors (Lipinski definition) is 1. The first-order valence-corrected chi connectivity index (χ1v) is 4.89. The smallest absolute Gasteiger partial charge is 0.278 e. The van der Waals surface area contributed by atoms with Gasteiger partial charge in [-0.05, 0) is 24.3 Å². The number of hydrogen-bond donors (Lipinski definition) is 0. The summed E-state index contributed by atoms with van der Waals surface area (Å²) in [7, 11) is 3.64. The lowest BCUT2D eigenvalue weighted by Crippen LogP contribution is -2.09. The van der Waals surface area contributed by atoms with Crippen LogP contribution in [-0.2, 0) is 0 Å². The maximum atomic E-state index is 11.4. The van der Waals surface area contributed by atoms with Crippen LogP contribution in [-0.4, -0.2) is 31.2 Å². The maximum Gasteiger partial charge on any atom is 0.278 e. The Hall–Kier alpha value is -1.16. The molecule has 0 spiro atoms. The zero-order valence-corrected chi connectivity index (χ0v) is 9.65. The fourth-order valence-electron chi connectivity index (χ4n) is 0.835. The molecule has 1 aromatic rings.